The van der Waals surface area contributed by atoms with Gasteiger partial charge in [0.05, 0.1) is 23.3 Å². The minimum atomic E-state index is -4.78. The van der Waals surface area contributed by atoms with Crippen LogP contribution in [0.25, 0.3) is 38.1 Å². The number of hydrogen-bond donors (Lipinski definition) is 1. The summed E-state index contributed by atoms with van der Waals surface area (Å²) in [7, 11) is 0. The van der Waals surface area contributed by atoms with Gasteiger partial charge in [0.25, 0.3) is 0 Å². The van der Waals surface area contributed by atoms with Gasteiger partial charge in [0.15, 0.2) is 0 Å². The second-order valence-corrected chi connectivity index (χ2v) is 9.22. The van der Waals surface area contributed by atoms with Crippen LogP contribution in [0.2, 0.25) is 0 Å². The number of alkyl halides is 3. The predicted molar refractivity (Wildman–Crippen MR) is 136 cm³/mol. The highest BCUT2D eigenvalue weighted by molar-refractivity contribution is 5.96. The number of benzene rings is 3. The number of hydrogen-bond acceptors (Lipinski definition) is 4. The van der Waals surface area contributed by atoms with Crippen molar-refractivity contribution in [1.29, 1.82) is 0 Å². The van der Waals surface area contributed by atoms with E-state index in [0.717, 1.165) is 43.5 Å². The van der Waals surface area contributed by atoms with Gasteiger partial charge in [-0.05, 0) is 55.2 Å². The van der Waals surface area contributed by atoms with Crippen LogP contribution >= 0.6 is 0 Å². The molecular weight excluding hydrogens is 501 g/mol. The highest BCUT2D eigenvalue weighted by atomic mass is 19.4. The lowest BCUT2D eigenvalue weighted by atomic mass is 9.96. The Morgan fingerprint density at radius 1 is 0.921 bits per heavy atom. The summed E-state index contributed by atoms with van der Waals surface area (Å²) in [5, 5.41) is 0.323. The summed E-state index contributed by atoms with van der Waals surface area (Å²) in [6.45, 7) is 8.39. The number of halogens is 5. The first kappa shape index (κ1) is 25.5. The fraction of sp³-hybridized carbons (Fsp3) is 0.250. The lowest BCUT2D eigenvalue weighted by molar-refractivity contribution is -0.137. The van der Waals surface area contributed by atoms with Crippen molar-refractivity contribution in [2.45, 2.75) is 31.5 Å². The van der Waals surface area contributed by atoms with Crippen molar-refractivity contribution in [3.63, 3.8) is 0 Å². The molecule has 0 amide bonds. The van der Waals surface area contributed by atoms with Gasteiger partial charge in [0, 0.05) is 35.6 Å². The molecule has 1 fully saturated rings. The molecule has 0 saturated carbocycles. The molecule has 10 heteroatoms. The highest BCUT2D eigenvalue weighted by Gasteiger charge is 2.35. The molecule has 1 aromatic heterocycles. The van der Waals surface area contributed by atoms with Crippen LogP contribution in [-0.2, 0) is 6.18 Å². The van der Waals surface area contributed by atoms with Gasteiger partial charge in [-0.15, -0.1) is 0 Å². The standard InChI is InChI=1S/C28H22F5N5/c1-35-24-10-8-17(15-22(24)30)26-19-14-16(25-20(28(31,32)33)5-2-6-21(25)29)7-9-23(19)36-27(37-26)38-12-3-4-18(34)11-13-38/h2,5-10,14-15,18H,3-4,11-13,34H2. The summed E-state index contributed by atoms with van der Waals surface area (Å²) < 4.78 is 70.6. The SMILES string of the molecule is [C-]#[N+]c1ccc(-c2nc(N3CCCC(N)CC3)nc3ccc(-c4c(F)cccc4C(F)(F)F)cc23)cc1F. The first-order valence-corrected chi connectivity index (χ1v) is 12.0. The summed E-state index contributed by atoms with van der Waals surface area (Å²) >= 11 is 0. The van der Waals surface area contributed by atoms with E-state index in [0.29, 0.717) is 35.5 Å². The van der Waals surface area contributed by atoms with E-state index in [1.165, 1.54) is 30.3 Å². The van der Waals surface area contributed by atoms with Crippen LogP contribution in [0.1, 0.15) is 24.8 Å². The van der Waals surface area contributed by atoms with E-state index in [1.54, 1.807) is 0 Å². The van der Waals surface area contributed by atoms with Crippen LogP contribution < -0.4 is 10.6 Å². The van der Waals surface area contributed by atoms with E-state index in [1.807, 2.05) is 4.90 Å². The molecule has 0 radical (unpaired) electrons. The van der Waals surface area contributed by atoms with E-state index in [4.69, 9.17) is 17.3 Å². The second-order valence-electron chi connectivity index (χ2n) is 9.22. The smallest absolute Gasteiger partial charge is 0.341 e. The number of nitrogens with two attached hydrogens (primary N) is 1. The van der Waals surface area contributed by atoms with Crippen molar-refractivity contribution in [3.8, 4) is 22.4 Å². The molecule has 1 atom stereocenters. The van der Waals surface area contributed by atoms with Gasteiger partial charge < -0.3 is 10.6 Å². The molecule has 1 aliphatic rings. The Morgan fingerprint density at radius 3 is 2.45 bits per heavy atom. The number of anilines is 1. The molecule has 0 spiro atoms. The predicted octanol–water partition coefficient (Wildman–Crippen LogP) is 7.13. The third-order valence-corrected chi connectivity index (χ3v) is 6.69. The molecular formula is C28H22F5N5. The first-order chi connectivity index (χ1) is 18.2. The molecule has 2 N–H and O–H groups in total. The average molecular weight is 524 g/mol. The fourth-order valence-electron chi connectivity index (χ4n) is 4.75. The Hall–Kier alpha value is -4.10. The first-order valence-electron chi connectivity index (χ1n) is 12.0. The van der Waals surface area contributed by atoms with Crippen LogP contribution in [0.5, 0.6) is 0 Å². The summed E-state index contributed by atoms with van der Waals surface area (Å²) in [5.74, 6) is -1.39. The lowest BCUT2D eigenvalue weighted by Gasteiger charge is -2.22. The summed E-state index contributed by atoms with van der Waals surface area (Å²) in [6.07, 6.45) is -2.36. The maximum absolute atomic E-state index is 14.8. The van der Waals surface area contributed by atoms with Crippen LogP contribution in [0.15, 0.2) is 54.6 Å². The number of aromatic nitrogens is 2. The maximum Gasteiger partial charge on any atom is 0.417 e. The monoisotopic (exact) mass is 523 g/mol. The van der Waals surface area contributed by atoms with Crippen molar-refractivity contribution in [3.05, 3.63) is 83.2 Å². The largest absolute Gasteiger partial charge is 0.417 e. The molecule has 194 valence electrons. The Balaban J connectivity index is 1.74. The van der Waals surface area contributed by atoms with E-state index >= 15 is 0 Å². The zero-order valence-corrected chi connectivity index (χ0v) is 20.1. The van der Waals surface area contributed by atoms with Crippen molar-refractivity contribution in [2.24, 2.45) is 5.73 Å². The molecule has 0 aliphatic carbocycles. The van der Waals surface area contributed by atoms with Crippen LogP contribution in [0.4, 0.5) is 33.6 Å². The van der Waals surface area contributed by atoms with E-state index in [2.05, 4.69) is 9.83 Å². The van der Waals surface area contributed by atoms with Crippen LogP contribution in [0, 0.1) is 18.2 Å². The number of nitrogens with zero attached hydrogens (tertiary/aromatic N) is 4. The Bertz CT molecular complexity index is 1560. The van der Waals surface area contributed by atoms with Gasteiger partial charge in [-0.3, -0.25) is 0 Å². The second kappa shape index (κ2) is 9.99. The lowest BCUT2D eigenvalue weighted by Crippen LogP contribution is -2.28. The molecule has 1 aliphatic heterocycles. The van der Waals surface area contributed by atoms with Crippen molar-refractivity contribution in [1.82, 2.24) is 9.97 Å². The number of rotatable bonds is 3. The van der Waals surface area contributed by atoms with Crippen molar-refractivity contribution < 1.29 is 22.0 Å². The number of fused-ring (bicyclic) bond motifs is 1. The summed E-state index contributed by atoms with van der Waals surface area (Å²) in [6, 6.07) is 11.2. The minimum absolute atomic E-state index is 0.0143. The molecule has 38 heavy (non-hydrogen) atoms. The van der Waals surface area contributed by atoms with Gasteiger partial charge >= 0.3 is 6.18 Å². The van der Waals surface area contributed by atoms with Gasteiger partial charge in [-0.2, -0.15) is 13.2 Å². The molecule has 2 heterocycles. The van der Waals surface area contributed by atoms with Gasteiger partial charge in [-0.1, -0.05) is 24.3 Å². The molecule has 0 bridgehead atoms. The third kappa shape index (κ3) is 4.89. The molecule has 5 rings (SSSR count). The average Bonchev–Trinajstić information content (AvgIpc) is 3.11. The molecule has 1 saturated heterocycles. The van der Waals surface area contributed by atoms with Gasteiger partial charge in [0.2, 0.25) is 11.6 Å². The van der Waals surface area contributed by atoms with Crippen LogP contribution in [0.3, 0.4) is 0 Å². The summed E-state index contributed by atoms with van der Waals surface area (Å²) in [4.78, 5) is 14.5. The third-order valence-electron chi connectivity index (χ3n) is 6.69. The maximum atomic E-state index is 14.8. The summed E-state index contributed by atoms with van der Waals surface area (Å²) in [5.41, 5.74) is 5.22. The van der Waals surface area contributed by atoms with E-state index in [-0.39, 0.29) is 23.0 Å². The van der Waals surface area contributed by atoms with Gasteiger partial charge in [0.1, 0.15) is 11.6 Å². The zero-order valence-electron chi connectivity index (χ0n) is 20.1. The molecule has 5 nitrogen and oxygen atoms in total. The van der Waals surface area contributed by atoms with Crippen molar-refractivity contribution >= 4 is 22.5 Å². The quantitative estimate of drug-likeness (QED) is 0.229. The highest BCUT2D eigenvalue weighted by Crippen LogP contribution is 2.40. The topological polar surface area (TPSA) is 59.4 Å². The van der Waals surface area contributed by atoms with E-state index < -0.39 is 28.9 Å². The minimum Gasteiger partial charge on any atom is -0.341 e. The molecule has 3 aromatic carbocycles. The van der Waals surface area contributed by atoms with Crippen molar-refractivity contribution in [2.75, 3.05) is 18.0 Å². The zero-order chi connectivity index (χ0) is 27.0. The Kier molecular flexibility index (Phi) is 6.71. The van der Waals surface area contributed by atoms with Gasteiger partial charge in [-0.25, -0.2) is 23.6 Å². The Labute approximate surface area is 215 Å². The molecule has 1 unspecified atom stereocenters. The fourth-order valence-corrected chi connectivity index (χ4v) is 4.75. The van der Waals surface area contributed by atoms with Crippen LogP contribution in [-0.4, -0.2) is 29.1 Å². The Morgan fingerprint density at radius 2 is 1.71 bits per heavy atom. The molecule has 4 aromatic rings. The van der Waals surface area contributed by atoms with E-state index in [9.17, 15) is 22.0 Å². The normalized spacial score (nSPS) is 16.3.